The van der Waals surface area contributed by atoms with Crippen molar-refractivity contribution in [3.63, 3.8) is 0 Å². The number of halogens is 4. The molecule has 0 atom stereocenters. The van der Waals surface area contributed by atoms with Crippen LogP contribution in [0.5, 0.6) is 5.75 Å². The second-order valence-corrected chi connectivity index (χ2v) is 5.19. The fraction of sp³-hybridized carbons (Fsp3) is 0.143. The van der Waals surface area contributed by atoms with Crippen molar-refractivity contribution in [2.45, 2.75) is 12.9 Å². The van der Waals surface area contributed by atoms with Gasteiger partial charge in [0.15, 0.2) is 0 Å². The first-order valence-corrected chi connectivity index (χ1v) is 6.85. The maximum absolute atomic E-state index is 12.0. The number of alkyl halides is 3. The Bertz CT molecular complexity index is 569. The van der Waals surface area contributed by atoms with Crippen molar-refractivity contribution in [1.82, 2.24) is 0 Å². The molecule has 2 aromatic carbocycles. The average molecular weight is 393 g/mol. The molecule has 0 aliphatic rings. The number of nitrogens with one attached hydrogen (secondary N) is 1. The van der Waals surface area contributed by atoms with E-state index < -0.39 is 6.36 Å². The fourth-order valence-electron chi connectivity index (χ4n) is 1.61. The molecule has 0 amide bonds. The lowest BCUT2D eigenvalue weighted by molar-refractivity contribution is -0.274. The smallest absolute Gasteiger partial charge is 0.406 e. The Morgan fingerprint density at radius 2 is 1.65 bits per heavy atom. The molecule has 20 heavy (non-hydrogen) atoms. The predicted molar refractivity (Wildman–Crippen MR) is 79.6 cm³/mol. The number of ether oxygens (including phenoxy) is 1. The highest BCUT2D eigenvalue weighted by atomic mass is 127. The third-order valence-corrected chi connectivity index (χ3v) is 3.45. The van der Waals surface area contributed by atoms with Crippen LogP contribution in [0.15, 0.2) is 48.5 Å². The molecule has 0 heterocycles. The summed E-state index contributed by atoms with van der Waals surface area (Å²) in [7, 11) is 0. The van der Waals surface area contributed by atoms with Gasteiger partial charge in [0.2, 0.25) is 0 Å². The Balaban J connectivity index is 1.96. The van der Waals surface area contributed by atoms with Crippen molar-refractivity contribution < 1.29 is 17.9 Å². The minimum absolute atomic E-state index is 0.212. The van der Waals surface area contributed by atoms with Crippen LogP contribution in [-0.4, -0.2) is 6.36 Å². The highest BCUT2D eigenvalue weighted by Gasteiger charge is 2.30. The minimum Gasteiger partial charge on any atom is -0.406 e. The van der Waals surface area contributed by atoms with Crippen molar-refractivity contribution in [1.29, 1.82) is 0 Å². The molecule has 2 aromatic rings. The molecule has 0 saturated heterocycles. The molecule has 2 nitrogen and oxygen atoms in total. The Kier molecular flexibility index (Phi) is 4.74. The van der Waals surface area contributed by atoms with Crippen LogP contribution in [0.3, 0.4) is 0 Å². The zero-order valence-electron chi connectivity index (χ0n) is 10.2. The van der Waals surface area contributed by atoms with E-state index in [0.29, 0.717) is 6.54 Å². The van der Waals surface area contributed by atoms with Gasteiger partial charge in [0.25, 0.3) is 0 Å². The van der Waals surface area contributed by atoms with Gasteiger partial charge >= 0.3 is 6.36 Å². The molecule has 0 radical (unpaired) electrons. The number of hydrogen-bond acceptors (Lipinski definition) is 2. The lowest BCUT2D eigenvalue weighted by Gasteiger charge is -2.11. The summed E-state index contributed by atoms with van der Waals surface area (Å²) >= 11 is 2.22. The van der Waals surface area contributed by atoms with Crippen LogP contribution >= 0.6 is 22.6 Å². The normalized spacial score (nSPS) is 11.2. The molecule has 0 fully saturated rings. The van der Waals surface area contributed by atoms with Gasteiger partial charge in [-0.1, -0.05) is 24.3 Å². The number of anilines is 1. The van der Waals surface area contributed by atoms with Crippen LogP contribution in [0.25, 0.3) is 0 Å². The van der Waals surface area contributed by atoms with Gasteiger partial charge in [0.05, 0.1) is 0 Å². The van der Waals surface area contributed by atoms with Gasteiger partial charge in [0, 0.05) is 15.8 Å². The summed E-state index contributed by atoms with van der Waals surface area (Å²) in [5, 5.41) is 3.23. The van der Waals surface area contributed by atoms with E-state index >= 15 is 0 Å². The van der Waals surface area contributed by atoms with Crippen molar-refractivity contribution in [3.05, 3.63) is 57.7 Å². The number of para-hydroxylation sites is 1. The molecule has 2 rings (SSSR count). The quantitative estimate of drug-likeness (QED) is 0.754. The second-order valence-electron chi connectivity index (χ2n) is 4.03. The summed E-state index contributed by atoms with van der Waals surface area (Å²) in [5.74, 6) is -0.212. The summed E-state index contributed by atoms with van der Waals surface area (Å²) in [5.41, 5.74) is 1.86. The predicted octanol–water partition coefficient (Wildman–Crippen LogP) is 4.80. The number of hydrogen-bond donors (Lipinski definition) is 1. The molecule has 0 saturated carbocycles. The maximum Gasteiger partial charge on any atom is 0.573 e. The van der Waals surface area contributed by atoms with E-state index in [9.17, 15) is 13.2 Å². The second kappa shape index (κ2) is 6.34. The largest absolute Gasteiger partial charge is 0.573 e. The summed E-state index contributed by atoms with van der Waals surface area (Å²) in [6.07, 6.45) is -4.65. The molecule has 1 N–H and O–H groups in total. The average Bonchev–Trinajstić information content (AvgIpc) is 2.38. The minimum atomic E-state index is -4.65. The van der Waals surface area contributed by atoms with Crippen molar-refractivity contribution in [2.24, 2.45) is 0 Å². The Morgan fingerprint density at radius 1 is 1.00 bits per heavy atom. The van der Waals surface area contributed by atoms with E-state index in [0.717, 1.165) is 14.8 Å². The van der Waals surface area contributed by atoms with E-state index in [4.69, 9.17) is 0 Å². The topological polar surface area (TPSA) is 21.3 Å². The Hall–Kier alpha value is -1.44. The molecule has 6 heteroatoms. The van der Waals surface area contributed by atoms with Gasteiger partial charge < -0.3 is 10.1 Å². The molecule has 0 aliphatic heterocycles. The summed E-state index contributed by atoms with van der Waals surface area (Å²) < 4.78 is 41.0. The molecule has 0 aromatic heterocycles. The first-order chi connectivity index (χ1) is 9.44. The van der Waals surface area contributed by atoms with E-state index in [2.05, 4.69) is 32.6 Å². The summed E-state index contributed by atoms with van der Waals surface area (Å²) in [6, 6.07) is 13.6. The zero-order valence-corrected chi connectivity index (χ0v) is 12.4. The Labute approximate surface area is 128 Å². The third-order valence-electron chi connectivity index (χ3n) is 2.51. The number of rotatable bonds is 4. The lowest BCUT2D eigenvalue weighted by Crippen LogP contribution is -2.17. The number of benzene rings is 2. The summed E-state index contributed by atoms with van der Waals surface area (Å²) in [4.78, 5) is 0. The van der Waals surface area contributed by atoms with Gasteiger partial charge in [0.1, 0.15) is 5.75 Å². The summed E-state index contributed by atoms with van der Waals surface area (Å²) in [6.45, 7) is 0.534. The van der Waals surface area contributed by atoms with Crippen molar-refractivity contribution in [2.75, 3.05) is 5.32 Å². The zero-order chi connectivity index (χ0) is 14.6. The highest BCUT2D eigenvalue weighted by molar-refractivity contribution is 14.1. The lowest BCUT2D eigenvalue weighted by atomic mass is 10.2. The van der Waals surface area contributed by atoms with Crippen LogP contribution < -0.4 is 10.1 Å². The Morgan fingerprint density at radius 3 is 2.25 bits per heavy atom. The first-order valence-electron chi connectivity index (χ1n) is 5.77. The van der Waals surface area contributed by atoms with E-state index in [1.807, 2.05) is 24.3 Å². The fourth-order valence-corrected chi connectivity index (χ4v) is 2.19. The van der Waals surface area contributed by atoms with Gasteiger partial charge in [-0.15, -0.1) is 13.2 Å². The van der Waals surface area contributed by atoms with Crippen LogP contribution in [-0.2, 0) is 6.54 Å². The standard InChI is InChI=1S/C14H11F3INO/c15-14(16,17)20-11-7-5-10(6-8-11)9-19-13-4-2-1-3-12(13)18/h1-8,19H,9H2. The van der Waals surface area contributed by atoms with Gasteiger partial charge in [-0.2, -0.15) is 0 Å². The molecule has 0 unspecified atom stereocenters. The first kappa shape index (κ1) is 15.0. The van der Waals surface area contributed by atoms with Crippen LogP contribution in [0.1, 0.15) is 5.56 Å². The molecular weight excluding hydrogens is 382 g/mol. The molecular formula is C14H11F3INO. The van der Waals surface area contributed by atoms with Crippen LogP contribution in [0, 0.1) is 3.57 Å². The van der Waals surface area contributed by atoms with E-state index in [1.165, 1.54) is 12.1 Å². The van der Waals surface area contributed by atoms with E-state index in [-0.39, 0.29) is 5.75 Å². The van der Waals surface area contributed by atoms with Crippen LogP contribution in [0.4, 0.5) is 18.9 Å². The maximum atomic E-state index is 12.0. The third kappa shape index (κ3) is 4.59. The molecule has 0 spiro atoms. The van der Waals surface area contributed by atoms with Gasteiger partial charge in [-0.25, -0.2) is 0 Å². The van der Waals surface area contributed by atoms with Crippen LogP contribution in [0.2, 0.25) is 0 Å². The molecule has 0 bridgehead atoms. The monoisotopic (exact) mass is 393 g/mol. The molecule has 0 aliphatic carbocycles. The highest BCUT2D eigenvalue weighted by Crippen LogP contribution is 2.23. The molecule has 106 valence electrons. The van der Waals surface area contributed by atoms with Gasteiger partial charge in [-0.05, 0) is 52.4 Å². The van der Waals surface area contributed by atoms with Crippen molar-refractivity contribution in [3.8, 4) is 5.75 Å². The SMILES string of the molecule is FC(F)(F)Oc1ccc(CNc2ccccc2I)cc1. The van der Waals surface area contributed by atoms with Crippen molar-refractivity contribution >= 4 is 28.3 Å². The van der Waals surface area contributed by atoms with E-state index in [1.54, 1.807) is 12.1 Å². The van der Waals surface area contributed by atoms with Gasteiger partial charge in [-0.3, -0.25) is 0 Å².